The molecule has 4 heteroatoms. The Morgan fingerprint density at radius 3 is 2.32 bits per heavy atom. The number of aliphatic carboxylic acids is 1. The third-order valence-corrected chi connectivity index (χ3v) is 3.70. The number of carboxylic acid groups (broad SMARTS) is 1. The van der Waals surface area contributed by atoms with Crippen molar-refractivity contribution in [2.45, 2.75) is 90.1 Å². The molecule has 0 bridgehead atoms. The Hall–Kier alpha value is -1.16. The number of carbonyl (C=O) groups is 2. The molecule has 0 saturated carbocycles. The van der Waals surface area contributed by atoms with E-state index < -0.39 is 12.1 Å². The van der Waals surface area contributed by atoms with Crippen molar-refractivity contribution in [2.75, 3.05) is 0 Å². The molecule has 0 saturated heterocycles. The van der Waals surface area contributed by atoms with Crippen LogP contribution in [0, 0.1) is 0 Å². The summed E-state index contributed by atoms with van der Waals surface area (Å²) < 4.78 is 0. The van der Waals surface area contributed by atoms with E-state index >= 15 is 0 Å². The Bertz CT molecular complexity index is 323. The number of hydrogen-bond acceptors (Lipinski definition) is 3. The Balaban J connectivity index is 3.51. The summed E-state index contributed by atoms with van der Waals surface area (Å²) in [4.78, 5) is 22.0. The topological polar surface area (TPSA) is 74.6 Å². The van der Waals surface area contributed by atoms with Crippen LogP contribution < -0.4 is 0 Å². The number of carboxylic acids is 1. The van der Waals surface area contributed by atoms with Crippen LogP contribution in [0.2, 0.25) is 0 Å². The van der Waals surface area contributed by atoms with Gasteiger partial charge in [0.05, 0.1) is 0 Å². The van der Waals surface area contributed by atoms with Crippen molar-refractivity contribution in [3.63, 3.8) is 0 Å². The van der Waals surface area contributed by atoms with E-state index in [1.165, 1.54) is 12.8 Å². The first-order valence-electron chi connectivity index (χ1n) is 8.65. The number of carbonyl (C=O) groups excluding carboxylic acids is 1. The normalized spacial score (nSPS) is 12.6. The summed E-state index contributed by atoms with van der Waals surface area (Å²) in [6.45, 7) is 2.16. The van der Waals surface area contributed by atoms with E-state index in [9.17, 15) is 14.7 Å². The van der Waals surface area contributed by atoms with E-state index in [1.54, 1.807) is 0 Å². The van der Waals surface area contributed by atoms with E-state index in [-0.39, 0.29) is 12.2 Å². The van der Waals surface area contributed by atoms with Gasteiger partial charge in [0.1, 0.15) is 6.10 Å². The van der Waals surface area contributed by atoms with Gasteiger partial charge in [0.25, 0.3) is 0 Å². The zero-order valence-electron chi connectivity index (χ0n) is 13.9. The molecule has 0 aliphatic rings. The van der Waals surface area contributed by atoms with Gasteiger partial charge in [-0.3, -0.25) is 9.59 Å². The van der Waals surface area contributed by atoms with Crippen molar-refractivity contribution < 1.29 is 19.8 Å². The molecule has 2 N–H and O–H groups in total. The molecule has 0 radical (unpaired) electrons. The first-order chi connectivity index (χ1) is 10.6. The van der Waals surface area contributed by atoms with E-state index in [0.717, 1.165) is 38.5 Å². The molecule has 0 spiro atoms. The fourth-order valence-corrected chi connectivity index (χ4v) is 2.27. The monoisotopic (exact) mass is 312 g/mol. The minimum Gasteiger partial charge on any atom is -0.481 e. The molecule has 0 amide bonds. The molecule has 0 aliphatic carbocycles. The Morgan fingerprint density at radius 1 is 0.955 bits per heavy atom. The van der Waals surface area contributed by atoms with Crippen LogP contribution in [0.25, 0.3) is 0 Å². The predicted molar refractivity (Wildman–Crippen MR) is 88.9 cm³/mol. The van der Waals surface area contributed by atoms with E-state index in [2.05, 4.69) is 6.92 Å². The number of Topliss-reactive ketones (excluding diaryl/α,β-unsaturated/α-hetero) is 1. The molecule has 0 aromatic heterocycles. The summed E-state index contributed by atoms with van der Waals surface area (Å²) in [5, 5.41) is 18.3. The summed E-state index contributed by atoms with van der Waals surface area (Å²) in [5.41, 5.74) is 0. The highest BCUT2D eigenvalue weighted by molar-refractivity contribution is 5.84. The Morgan fingerprint density at radius 2 is 1.64 bits per heavy atom. The van der Waals surface area contributed by atoms with Gasteiger partial charge in [-0.05, 0) is 25.7 Å². The number of ketones is 1. The predicted octanol–water partition coefficient (Wildman–Crippen LogP) is 4.26. The largest absolute Gasteiger partial charge is 0.481 e. The zero-order valence-corrected chi connectivity index (χ0v) is 13.9. The first kappa shape index (κ1) is 20.8. The van der Waals surface area contributed by atoms with Crippen LogP contribution in [0.5, 0.6) is 0 Å². The van der Waals surface area contributed by atoms with Gasteiger partial charge in [0.15, 0.2) is 5.78 Å². The standard InChI is InChI=1S/C18H32O4/c1-2-3-4-5-7-10-13-16(19)17(20)14-11-8-6-9-12-15-18(21)22/h7,10,17,20H,2-6,8-9,11-15H2,1H3,(H,21,22). The van der Waals surface area contributed by atoms with Crippen LogP contribution >= 0.6 is 0 Å². The minimum absolute atomic E-state index is 0.0994. The molecular weight excluding hydrogens is 280 g/mol. The highest BCUT2D eigenvalue weighted by Gasteiger charge is 2.12. The van der Waals surface area contributed by atoms with E-state index in [4.69, 9.17) is 5.11 Å². The molecule has 4 nitrogen and oxygen atoms in total. The van der Waals surface area contributed by atoms with E-state index in [0.29, 0.717) is 19.3 Å². The SMILES string of the molecule is CCCCCC=CCC(=O)C(O)CCCCCCCC(=O)O. The van der Waals surface area contributed by atoms with Gasteiger partial charge < -0.3 is 10.2 Å². The maximum atomic E-state index is 11.7. The van der Waals surface area contributed by atoms with Gasteiger partial charge in [-0.1, -0.05) is 57.6 Å². The molecule has 0 aliphatic heterocycles. The lowest BCUT2D eigenvalue weighted by Gasteiger charge is -2.08. The van der Waals surface area contributed by atoms with E-state index in [1.807, 2.05) is 12.2 Å². The van der Waals surface area contributed by atoms with Crippen LogP contribution in [0.4, 0.5) is 0 Å². The van der Waals surface area contributed by atoms with Crippen LogP contribution in [0.1, 0.15) is 84.0 Å². The maximum Gasteiger partial charge on any atom is 0.303 e. The van der Waals surface area contributed by atoms with Gasteiger partial charge in [0, 0.05) is 12.8 Å². The van der Waals surface area contributed by atoms with Crippen molar-refractivity contribution in [1.82, 2.24) is 0 Å². The molecule has 0 rings (SSSR count). The minimum atomic E-state index is -0.848. The zero-order chi connectivity index (χ0) is 16.6. The average molecular weight is 312 g/mol. The highest BCUT2D eigenvalue weighted by atomic mass is 16.4. The Labute approximate surface area is 134 Å². The summed E-state index contributed by atoms with van der Waals surface area (Å²) in [7, 11) is 0. The number of aliphatic hydroxyl groups is 1. The van der Waals surface area contributed by atoms with Crippen molar-refractivity contribution in [1.29, 1.82) is 0 Å². The highest BCUT2D eigenvalue weighted by Crippen LogP contribution is 2.10. The third kappa shape index (κ3) is 13.8. The Kier molecular flexibility index (Phi) is 14.0. The van der Waals surface area contributed by atoms with Gasteiger partial charge >= 0.3 is 5.97 Å². The number of aliphatic hydroxyl groups excluding tert-OH is 1. The molecule has 1 unspecified atom stereocenters. The van der Waals surface area contributed by atoms with Crippen LogP contribution in [0.15, 0.2) is 12.2 Å². The molecule has 0 aromatic rings. The van der Waals surface area contributed by atoms with Crippen molar-refractivity contribution >= 4 is 11.8 Å². The van der Waals surface area contributed by atoms with Crippen LogP contribution in [-0.4, -0.2) is 28.1 Å². The fourth-order valence-electron chi connectivity index (χ4n) is 2.27. The van der Waals surface area contributed by atoms with Gasteiger partial charge in [0.2, 0.25) is 0 Å². The molecule has 22 heavy (non-hydrogen) atoms. The van der Waals surface area contributed by atoms with Crippen molar-refractivity contribution in [3.05, 3.63) is 12.2 Å². The molecule has 128 valence electrons. The van der Waals surface area contributed by atoms with Crippen LogP contribution in [-0.2, 0) is 9.59 Å². The fraction of sp³-hybridized carbons (Fsp3) is 0.778. The maximum absolute atomic E-state index is 11.7. The third-order valence-electron chi connectivity index (χ3n) is 3.70. The lowest BCUT2D eigenvalue weighted by Crippen LogP contribution is -2.19. The molecule has 0 fully saturated rings. The number of rotatable bonds is 15. The molecule has 0 aromatic carbocycles. The number of unbranched alkanes of at least 4 members (excludes halogenated alkanes) is 7. The molecule has 0 heterocycles. The van der Waals surface area contributed by atoms with Gasteiger partial charge in [-0.25, -0.2) is 0 Å². The van der Waals surface area contributed by atoms with Crippen molar-refractivity contribution in [3.8, 4) is 0 Å². The lowest BCUT2D eigenvalue weighted by molar-refractivity contribution is -0.137. The summed E-state index contributed by atoms with van der Waals surface area (Å²) in [6, 6.07) is 0. The summed E-state index contributed by atoms with van der Waals surface area (Å²) in [6.07, 6.45) is 13.0. The number of allylic oxidation sites excluding steroid dienone is 2. The van der Waals surface area contributed by atoms with Crippen LogP contribution in [0.3, 0.4) is 0 Å². The summed E-state index contributed by atoms with van der Waals surface area (Å²) >= 11 is 0. The average Bonchev–Trinajstić information content (AvgIpc) is 2.49. The second kappa shape index (κ2) is 14.8. The second-order valence-electron chi connectivity index (χ2n) is 5.85. The van der Waals surface area contributed by atoms with Gasteiger partial charge in [-0.2, -0.15) is 0 Å². The quantitative estimate of drug-likeness (QED) is 0.350. The van der Waals surface area contributed by atoms with Gasteiger partial charge in [-0.15, -0.1) is 0 Å². The second-order valence-corrected chi connectivity index (χ2v) is 5.85. The number of hydrogen-bond donors (Lipinski definition) is 2. The smallest absolute Gasteiger partial charge is 0.303 e. The molecular formula is C18H32O4. The first-order valence-corrected chi connectivity index (χ1v) is 8.65. The van der Waals surface area contributed by atoms with Crippen molar-refractivity contribution in [2.24, 2.45) is 0 Å². The molecule has 1 atom stereocenters. The lowest BCUT2D eigenvalue weighted by atomic mass is 10.0. The summed E-state index contributed by atoms with van der Waals surface area (Å²) in [5.74, 6) is -0.846.